The Hall–Kier alpha value is -1.56. The summed E-state index contributed by atoms with van der Waals surface area (Å²) in [5.41, 5.74) is 0.533. The van der Waals surface area contributed by atoms with Crippen LogP contribution >= 0.6 is 11.3 Å². The maximum absolute atomic E-state index is 12.0. The van der Waals surface area contributed by atoms with E-state index in [0.717, 1.165) is 16.3 Å². The topological polar surface area (TPSA) is 66.8 Å². The Labute approximate surface area is 129 Å². The molecule has 1 unspecified atom stereocenters. The third-order valence-electron chi connectivity index (χ3n) is 3.03. The average Bonchev–Trinajstić information content (AvgIpc) is 2.80. The van der Waals surface area contributed by atoms with Crippen molar-refractivity contribution in [1.82, 2.24) is 0 Å². The second-order valence-corrected chi connectivity index (χ2v) is 6.22. The highest BCUT2D eigenvalue weighted by Crippen LogP contribution is 2.32. The first-order valence-electron chi connectivity index (χ1n) is 7.15. The summed E-state index contributed by atoms with van der Waals surface area (Å²) in [6.07, 6.45) is 0.881. The zero-order valence-corrected chi connectivity index (χ0v) is 13.8. The van der Waals surface area contributed by atoms with Crippen molar-refractivity contribution in [2.45, 2.75) is 34.1 Å². The largest absolute Gasteiger partial charge is 0.481 e. The van der Waals surface area contributed by atoms with Crippen LogP contribution < -0.4 is 4.90 Å². The fourth-order valence-electron chi connectivity index (χ4n) is 2.05. The van der Waals surface area contributed by atoms with E-state index >= 15 is 0 Å². The highest BCUT2D eigenvalue weighted by atomic mass is 32.1. The van der Waals surface area contributed by atoms with Gasteiger partial charge in [0.2, 0.25) is 0 Å². The standard InChI is InChI=1S/C15H23NO4S/c1-5-7-16(9-10(3)14(17)18)13-12(8-11(4)21-13)15(19)20-6-2/h8,10H,5-7,9H2,1-4H3,(H,17,18). The molecule has 1 N–H and O–H groups in total. The fraction of sp³-hybridized carbons (Fsp3) is 0.600. The molecule has 1 atom stereocenters. The molecule has 1 aromatic rings. The number of carbonyl (C=O) groups excluding carboxylic acids is 1. The molecule has 1 heterocycles. The van der Waals surface area contributed by atoms with E-state index in [1.807, 2.05) is 24.8 Å². The normalized spacial score (nSPS) is 12.0. The van der Waals surface area contributed by atoms with Crippen LogP contribution in [0.15, 0.2) is 6.07 Å². The molecule has 0 radical (unpaired) electrons. The molecular formula is C15H23NO4S. The maximum Gasteiger partial charge on any atom is 0.341 e. The van der Waals surface area contributed by atoms with Crippen LogP contribution in [0.25, 0.3) is 0 Å². The Bertz CT molecular complexity index is 498. The summed E-state index contributed by atoms with van der Waals surface area (Å²) >= 11 is 1.50. The van der Waals surface area contributed by atoms with Gasteiger partial charge in [-0.15, -0.1) is 11.3 Å². The molecule has 0 aliphatic rings. The Morgan fingerprint density at radius 3 is 2.62 bits per heavy atom. The summed E-state index contributed by atoms with van der Waals surface area (Å²) < 4.78 is 5.09. The van der Waals surface area contributed by atoms with Crippen LogP contribution in [0.4, 0.5) is 5.00 Å². The number of hydrogen-bond donors (Lipinski definition) is 1. The Kier molecular flexibility index (Phi) is 6.68. The molecule has 118 valence electrons. The van der Waals surface area contributed by atoms with Crippen molar-refractivity contribution in [3.63, 3.8) is 0 Å². The van der Waals surface area contributed by atoms with Crippen molar-refractivity contribution in [2.75, 3.05) is 24.6 Å². The van der Waals surface area contributed by atoms with Crippen LogP contribution in [0.2, 0.25) is 0 Å². The Morgan fingerprint density at radius 1 is 1.43 bits per heavy atom. The summed E-state index contributed by atoms with van der Waals surface area (Å²) in [5.74, 6) is -1.67. The number of carbonyl (C=O) groups is 2. The van der Waals surface area contributed by atoms with Gasteiger partial charge < -0.3 is 14.7 Å². The molecule has 0 aromatic carbocycles. The van der Waals surface area contributed by atoms with E-state index < -0.39 is 11.9 Å². The van der Waals surface area contributed by atoms with Gasteiger partial charge in [-0.25, -0.2) is 4.79 Å². The first kappa shape index (κ1) is 17.5. The molecule has 21 heavy (non-hydrogen) atoms. The van der Waals surface area contributed by atoms with Crippen molar-refractivity contribution >= 4 is 28.3 Å². The number of esters is 1. The van der Waals surface area contributed by atoms with Crippen molar-refractivity contribution in [1.29, 1.82) is 0 Å². The van der Waals surface area contributed by atoms with Crippen LogP contribution in [0, 0.1) is 12.8 Å². The van der Waals surface area contributed by atoms with Crippen molar-refractivity contribution in [2.24, 2.45) is 5.92 Å². The van der Waals surface area contributed by atoms with Gasteiger partial charge in [-0.1, -0.05) is 13.8 Å². The van der Waals surface area contributed by atoms with E-state index in [0.29, 0.717) is 25.3 Å². The minimum absolute atomic E-state index is 0.326. The number of carboxylic acids is 1. The molecule has 0 aliphatic heterocycles. The van der Waals surface area contributed by atoms with Gasteiger partial charge in [-0.05, 0) is 26.3 Å². The van der Waals surface area contributed by atoms with E-state index in [-0.39, 0.29) is 5.97 Å². The van der Waals surface area contributed by atoms with Gasteiger partial charge in [0.15, 0.2) is 0 Å². The average molecular weight is 313 g/mol. The lowest BCUT2D eigenvalue weighted by molar-refractivity contribution is -0.140. The van der Waals surface area contributed by atoms with Crippen LogP contribution in [0.5, 0.6) is 0 Å². The summed E-state index contributed by atoms with van der Waals surface area (Å²) in [5, 5.41) is 9.91. The maximum atomic E-state index is 12.0. The molecule has 0 spiro atoms. The van der Waals surface area contributed by atoms with Gasteiger partial charge in [0.1, 0.15) is 5.00 Å². The number of nitrogens with zero attached hydrogens (tertiary/aromatic N) is 1. The van der Waals surface area contributed by atoms with Crippen LogP contribution in [0.1, 0.15) is 42.4 Å². The number of anilines is 1. The predicted octanol–water partition coefficient (Wildman–Crippen LogP) is 3.17. The molecule has 0 bridgehead atoms. The molecule has 0 aliphatic carbocycles. The number of aryl methyl sites for hydroxylation is 1. The van der Waals surface area contributed by atoms with E-state index in [2.05, 4.69) is 0 Å². The second kappa shape index (κ2) is 8.02. The number of ether oxygens (including phenoxy) is 1. The number of aliphatic carboxylic acids is 1. The SMILES string of the molecule is CCCN(CC(C)C(=O)O)c1sc(C)cc1C(=O)OCC. The third kappa shape index (κ3) is 4.74. The summed E-state index contributed by atoms with van der Waals surface area (Å²) in [7, 11) is 0. The third-order valence-corrected chi connectivity index (χ3v) is 4.14. The lowest BCUT2D eigenvalue weighted by atomic mass is 10.1. The summed E-state index contributed by atoms with van der Waals surface area (Å²) in [6, 6.07) is 1.81. The summed E-state index contributed by atoms with van der Waals surface area (Å²) in [4.78, 5) is 26.1. The van der Waals surface area contributed by atoms with Crippen LogP contribution in [-0.4, -0.2) is 36.7 Å². The first-order chi connectivity index (χ1) is 9.90. The number of carboxylic acid groups (broad SMARTS) is 1. The highest BCUT2D eigenvalue weighted by Gasteiger charge is 2.23. The lowest BCUT2D eigenvalue weighted by Crippen LogP contribution is -2.33. The smallest absolute Gasteiger partial charge is 0.341 e. The molecule has 6 heteroatoms. The van der Waals surface area contributed by atoms with Crippen molar-refractivity contribution < 1.29 is 19.4 Å². The van der Waals surface area contributed by atoms with Gasteiger partial charge in [0.05, 0.1) is 18.1 Å². The molecule has 0 saturated heterocycles. The minimum atomic E-state index is -0.831. The van der Waals surface area contributed by atoms with Crippen LogP contribution in [0.3, 0.4) is 0 Å². The molecule has 0 amide bonds. The van der Waals surface area contributed by atoms with Crippen molar-refractivity contribution in [3.05, 3.63) is 16.5 Å². The van der Waals surface area contributed by atoms with Crippen LogP contribution in [-0.2, 0) is 9.53 Å². The van der Waals surface area contributed by atoms with E-state index in [1.54, 1.807) is 13.8 Å². The molecule has 0 fully saturated rings. The Balaban J connectivity index is 3.07. The molecule has 5 nitrogen and oxygen atoms in total. The quantitative estimate of drug-likeness (QED) is 0.747. The highest BCUT2D eigenvalue weighted by molar-refractivity contribution is 7.16. The van der Waals surface area contributed by atoms with E-state index in [9.17, 15) is 9.59 Å². The predicted molar refractivity (Wildman–Crippen MR) is 84.3 cm³/mol. The van der Waals surface area contributed by atoms with Gasteiger partial charge in [-0.3, -0.25) is 4.79 Å². The summed E-state index contributed by atoms with van der Waals surface area (Å²) in [6.45, 7) is 8.83. The first-order valence-corrected chi connectivity index (χ1v) is 7.97. The van der Waals surface area contributed by atoms with E-state index in [1.165, 1.54) is 11.3 Å². The second-order valence-electron chi connectivity index (χ2n) is 4.98. The van der Waals surface area contributed by atoms with Crippen molar-refractivity contribution in [3.8, 4) is 0 Å². The number of thiophene rings is 1. The van der Waals surface area contributed by atoms with Gasteiger partial charge >= 0.3 is 11.9 Å². The zero-order valence-electron chi connectivity index (χ0n) is 13.0. The lowest BCUT2D eigenvalue weighted by Gasteiger charge is -2.25. The van der Waals surface area contributed by atoms with Gasteiger partial charge in [0, 0.05) is 18.0 Å². The fourth-order valence-corrected chi connectivity index (χ4v) is 3.08. The monoisotopic (exact) mass is 313 g/mol. The minimum Gasteiger partial charge on any atom is -0.481 e. The van der Waals surface area contributed by atoms with E-state index in [4.69, 9.17) is 9.84 Å². The molecular weight excluding hydrogens is 290 g/mol. The Morgan fingerprint density at radius 2 is 2.10 bits per heavy atom. The van der Waals surface area contributed by atoms with Gasteiger partial charge in [-0.2, -0.15) is 0 Å². The zero-order chi connectivity index (χ0) is 16.0. The molecule has 1 rings (SSSR count). The molecule has 0 saturated carbocycles. The van der Waals surface area contributed by atoms with Gasteiger partial charge in [0.25, 0.3) is 0 Å². The number of hydrogen-bond acceptors (Lipinski definition) is 5. The number of rotatable bonds is 8. The molecule has 1 aromatic heterocycles.